The fourth-order valence-electron chi connectivity index (χ4n) is 2.95. The predicted octanol–water partition coefficient (Wildman–Crippen LogP) is 4.65. The Balaban J connectivity index is 1.73. The summed E-state index contributed by atoms with van der Waals surface area (Å²) in [6.45, 7) is 1.10. The Bertz CT molecular complexity index is 1230. The summed E-state index contributed by atoms with van der Waals surface area (Å²) in [6, 6.07) is 8.40. The summed E-state index contributed by atoms with van der Waals surface area (Å²) in [5.74, 6) is -1.13. The van der Waals surface area contributed by atoms with Crippen molar-refractivity contribution >= 4 is 74.1 Å². The maximum Gasteiger partial charge on any atom is 0.325 e. The second-order valence-electron chi connectivity index (χ2n) is 7.18. The standard InChI is InChI=1S/C23H20BrClN2O7S/c1-12-4-5-14(9-16(12)25)26-19(28)11-34-21-15(24)6-13(7-17(21)32-2)8-18-22(30)27(23(31)35-18)10-20(29)33-3/h4-9H,10-11H2,1-3H3,(H,26,28)/b18-8-. The fraction of sp³-hybridized carbons (Fsp3) is 0.217. The average Bonchev–Trinajstić information content (AvgIpc) is 3.07. The van der Waals surface area contributed by atoms with Crippen LogP contribution in [0.3, 0.4) is 0 Å². The van der Waals surface area contributed by atoms with Crippen LogP contribution in [-0.4, -0.2) is 55.3 Å². The molecule has 1 heterocycles. The number of rotatable bonds is 8. The Hall–Kier alpha value is -3.02. The lowest BCUT2D eigenvalue weighted by atomic mass is 10.2. The van der Waals surface area contributed by atoms with Crippen LogP contribution in [0.2, 0.25) is 5.02 Å². The van der Waals surface area contributed by atoms with E-state index in [1.165, 1.54) is 20.3 Å². The van der Waals surface area contributed by atoms with Gasteiger partial charge in [-0.15, -0.1) is 0 Å². The molecule has 1 saturated heterocycles. The van der Waals surface area contributed by atoms with Gasteiger partial charge in [0.25, 0.3) is 17.1 Å². The summed E-state index contributed by atoms with van der Waals surface area (Å²) in [6.07, 6.45) is 1.49. The molecular weight excluding hydrogens is 564 g/mol. The second-order valence-corrected chi connectivity index (χ2v) is 9.43. The van der Waals surface area contributed by atoms with Gasteiger partial charge in [0.05, 0.1) is 23.6 Å². The molecule has 0 unspecified atom stereocenters. The van der Waals surface area contributed by atoms with Crippen LogP contribution in [0.1, 0.15) is 11.1 Å². The highest BCUT2D eigenvalue weighted by molar-refractivity contribution is 9.10. The zero-order chi connectivity index (χ0) is 25.7. The van der Waals surface area contributed by atoms with Crippen LogP contribution in [-0.2, 0) is 19.1 Å². The minimum atomic E-state index is -0.700. The first-order valence-corrected chi connectivity index (χ1v) is 12.0. The molecule has 12 heteroatoms. The number of imide groups is 1. The number of thioether (sulfide) groups is 1. The lowest BCUT2D eigenvalue weighted by Gasteiger charge is -2.14. The molecule has 0 aromatic heterocycles. The number of amides is 3. The van der Waals surface area contributed by atoms with Crippen molar-refractivity contribution in [1.29, 1.82) is 0 Å². The Morgan fingerprint density at radius 1 is 1.20 bits per heavy atom. The lowest BCUT2D eigenvalue weighted by molar-refractivity contribution is -0.143. The molecule has 2 aromatic carbocycles. The van der Waals surface area contributed by atoms with Gasteiger partial charge < -0.3 is 19.5 Å². The van der Waals surface area contributed by atoms with E-state index < -0.39 is 29.6 Å². The minimum absolute atomic E-state index is 0.137. The molecule has 3 rings (SSSR count). The molecule has 0 aliphatic carbocycles. The van der Waals surface area contributed by atoms with Gasteiger partial charge in [-0.3, -0.25) is 24.1 Å². The number of benzene rings is 2. The third-order valence-electron chi connectivity index (χ3n) is 4.74. The van der Waals surface area contributed by atoms with E-state index in [9.17, 15) is 19.2 Å². The third kappa shape index (κ3) is 6.56. The monoisotopic (exact) mass is 582 g/mol. The van der Waals surface area contributed by atoms with Gasteiger partial charge >= 0.3 is 5.97 Å². The summed E-state index contributed by atoms with van der Waals surface area (Å²) < 4.78 is 16.0. The highest BCUT2D eigenvalue weighted by atomic mass is 79.9. The predicted molar refractivity (Wildman–Crippen MR) is 136 cm³/mol. The van der Waals surface area contributed by atoms with Crippen LogP contribution >= 0.6 is 39.3 Å². The molecule has 9 nitrogen and oxygen atoms in total. The van der Waals surface area contributed by atoms with E-state index in [4.69, 9.17) is 21.1 Å². The molecule has 184 valence electrons. The molecule has 0 saturated carbocycles. The molecule has 2 aromatic rings. The molecule has 3 amide bonds. The number of nitrogens with one attached hydrogen (secondary N) is 1. The number of nitrogens with zero attached hydrogens (tertiary/aromatic N) is 1. The highest BCUT2D eigenvalue weighted by Gasteiger charge is 2.36. The van der Waals surface area contributed by atoms with Crippen molar-refractivity contribution in [2.45, 2.75) is 6.92 Å². The topological polar surface area (TPSA) is 111 Å². The van der Waals surface area contributed by atoms with Gasteiger partial charge in [0.2, 0.25) is 0 Å². The maximum absolute atomic E-state index is 12.5. The Morgan fingerprint density at radius 2 is 1.94 bits per heavy atom. The quantitative estimate of drug-likeness (QED) is 0.353. The third-order valence-corrected chi connectivity index (χ3v) is 6.64. The van der Waals surface area contributed by atoms with Crippen molar-refractivity contribution in [2.24, 2.45) is 0 Å². The van der Waals surface area contributed by atoms with Gasteiger partial charge in [0.15, 0.2) is 18.1 Å². The van der Waals surface area contributed by atoms with Crippen molar-refractivity contribution in [3.8, 4) is 11.5 Å². The van der Waals surface area contributed by atoms with E-state index in [-0.39, 0.29) is 17.3 Å². The summed E-state index contributed by atoms with van der Waals surface area (Å²) in [5, 5.41) is 2.67. The van der Waals surface area contributed by atoms with Crippen LogP contribution in [0.4, 0.5) is 10.5 Å². The molecule has 35 heavy (non-hydrogen) atoms. The Morgan fingerprint density at radius 3 is 2.60 bits per heavy atom. The van der Waals surface area contributed by atoms with Crippen LogP contribution in [0, 0.1) is 6.92 Å². The summed E-state index contributed by atoms with van der Waals surface area (Å²) >= 11 is 10.2. The van der Waals surface area contributed by atoms with E-state index in [0.29, 0.717) is 38.3 Å². The van der Waals surface area contributed by atoms with Crippen molar-refractivity contribution in [3.05, 3.63) is 55.9 Å². The zero-order valence-corrected chi connectivity index (χ0v) is 22.0. The van der Waals surface area contributed by atoms with Crippen molar-refractivity contribution in [1.82, 2.24) is 4.90 Å². The van der Waals surface area contributed by atoms with Crippen molar-refractivity contribution in [3.63, 3.8) is 0 Å². The molecule has 1 aliphatic rings. The molecule has 1 aliphatic heterocycles. The maximum atomic E-state index is 12.5. The summed E-state index contributed by atoms with van der Waals surface area (Å²) in [4.78, 5) is 49.4. The van der Waals surface area contributed by atoms with E-state index in [1.54, 1.807) is 30.3 Å². The molecule has 1 N–H and O–H groups in total. The SMILES string of the molecule is COC(=O)CN1C(=O)S/C(=C\c2cc(Br)c(OCC(=O)Nc3ccc(C)c(Cl)c3)c(OC)c2)C1=O. The van der Waals surface area contributed by atoms with E-state index in [0.717, 1.165) is 10.5 Å². The first kappa shape index (κ1) is 26.6. The number of carbonyl (C=O) groups is 4. The number of esters is 1. The van der Waals surface area contributed by atoms with E-state index in [1.807, 2.05) is 6.92 Å². The average molecular weight is 584 g/mol. The summed E-state index contributed by atoms with van der Waals surface area (Å²) in [5.41, 5.74) is 1.96. The highest BCUT2D eigenvalue weighted by Crippen LogP contribution is 2.39. The number of aryl methyl sites for hydroxylation is 1. The van der Waals surface area contributed by atoms with Crippen molar-refractivity contribution < 1.29 is 33.4 Å². The lowest BCUT2D eigenvalue weighted by Crippen LogP contribution is -2.34. The molecule has 0 spiro atoms. The number of carbonyl (C=O) groups excluding carboxylic acids is 4. The number of ether oxygens (including phenoxy) is 3. The molecular formula is C23H20BrClN2O7S. The van der Waals surface area contributed by atoms with Gasteiger partial charge in [-0.2, -0.15) is 0 Å². The van der Waals surface area contributed by atoms with Gasteiger partial charge in [0, 0.05) is 10.7 Å². The second kappa shape index (κ2) is 11.6. The molecule has 0 bridgehead atoms. The Kier molecular flexibility index (Phi) is 8.82. The van der Waals surface area contributed by atoms with Gasteiger partial charge in [0.1, 0.15) is 6.54 Å². The Labute approximate surface area is 218 Å². The van der Waals surface area contributed by atoms with E-state index >= 15 is 0 Å². The molecule has 0 radical (unpaired) electrons. The first-order valence-electron chi connectivity index (χ1n) is 10.0. The zero-order valence-electron chi connectivity index (χ0n) is 18.8. The van der Waals surface area contributed by atoms with Crippen LogP contribution in [0.25, 0.3) is 6.08 Å². The van der Waals surface area contributed by atoms with Crippen LogP contribution in [0.5, 0.6) is 11.5 Å². The number of hydrogen-bond donors (Lipinski definition) is 1. The first-order chi connectivity index (χ1) is 16.6. The van der Waals surface area contributed by atoms with Crippen LogP contribution in [0.15, 0.2) is 39.7 Å². The van der Waals surface area contributed by atoms with Gasteiger partial charge in [-0.05, 0) is 76.1 Å². The largest absolute Gasteiger partial charge is 0.493 e. The smallest absolute Gasteiger partial charge is 0.325 e. The molecule has 0 atom stereocenters. The minimum Gasteiger partial charge on any atom is -0.493 e. The van der Waals surface area contributed by atoms with Crippen molar-refractivity contribution in [2.75, 3.05) is 32.7 Å². The number of halogens is 2. The van der Waals surface area contributed by atoms with Gasteiger partial charge in [-0.25, -0.2) is 0 Å². The van der Waals surface area contributed by atoms with E-state index in [2.05, 4.69) is 26.0 Å². The summed E-state index contributed by atoms with van der Waals surface area (Å²) in [7, 11) is 2.60. The normalized spacial score (nSPS) is 14.3. The van der Waals surface area contributed by atoms with Gasteiger partial charge in [-0.1, -0.05) is 17.7 Å². The number of methoxy groups -OCH3 is 2. The number of hydrogen-bond acceptors (Lipinski definition) is 8. The van der Waals surface area contributed by atoms with Crippen LogP contribution < -0.4 is 14.8 Å². The molecule has 1 fully saturated rings. The fourth-order valence-corrected chi connectivity index (χ4v) is 4.54. The number of anilines is 1.